The van der Waals surface area contributed by atoms with Gasteiger partial charge in [-0.2, -0.15) is 0 Å². The molecule has 0 atom stereocenters. The maximum atomic E-state index is 12.2. The molecule has 0 aliphatic carbocycles. The predicted octanol–water partition coefficient (Wildman–Crippen LogP) is 3.62. The largest absolute Gasteiger partial charge is 0.505 e. The number of halogens is 1. The van der Waals surface area contributed by atoms with Crippen LogP contribution >= 0.6 is 15.9 Å². The normalized spacial score (nSPS) is 10.2. The molecule has 0 aromatic heterocycles. The molecule has 0 heterocycles. The summed E-state index contributed by atoms with van der Waals surface area (Å²) in [4.78, 5) is 22.5. The first-order chi connectivity index (χ1) is 9.90. The Morgan fingerprint density at radius 2 is 2.05 bits per heavy atom. The second-order valence-electron chi connectivity index (χ2n) is 4.34. The van der Waals surface area contributed by atoms with E-state index in [1.165, 1.54) is 18.2 Å². The summed E-state index contributed by atoms with van der Waals surface area (Å²) in [6, 6.07) is 8.88. The van der Waals surface area contributed by atoms with Crippen LogP contribution in [0, 0.1) is 17.0 Å². The van der Waals surface area contributed by atoms with Crippen LogP contribution < -0.4 is 5.32 Å². The Hall–Kier alpha value is -2.41. The van der Waals surface area contributed by atoms with Crippen molar-refractivity contribution < 1.29 is 14.8 Å². The van der Waals surface area contributed by atoms with Crippen molar-refractivity contribution in [3.05, 3.63) is 62.1 Å². The van der Waals surface area contributed by atoms with Crippen LogP contribution in [0.2, 0.25) is 0 Å². The average Bonchev–Trinajstić information content (AvgIpc) is 2.40. The number of para-hydroxylation sites is 1. The lowest BCUT2D eigenvalue weighted by atomic mass is 10.1. The number of carbonyl (C=O) groups excluding carboxylic acids is 1. The number of hydrogen-bond donors (Lipinski definition) is 2. The summed E-state index contributed by atoms with van der Waals surface area (Å²) >= 11 is 3.29. The molecule has 7 heteroatoms. The van der Waals surface area contributed by atoms with Crippen LogP contribution in [0.5, 0.6) is 5.75 Å². The molecular weight excluding hydrogens is 340 g/mol. The number of nitro benzene ring substituents is 1. The Morgan fingerprint density at radius 1 is 1.33 bits per heavy atom. The molecule has 0 aliphatic rings. The Labute approximate surface area is 128 Å². The van der Waals surface area contributed by atoms with Crippen molar-refractivity contribution in [2.24, 2.45) is 0 Å². The van der Waals surface area contributed by atoms with E-state index in [2.05, 4.69) is 21.2 Å². The van der Waals surface area contributed by atoms with Crippen molar-refractivity contribution in [3.8, 4) is 5.75 Å². The molecule has 0 fully saturated rings. The number of aromatic hydroxyl groups is 1. The van der Waals surface area contributed by atoms with Crippen LogP contribution in [0.15, 0.2) is 40.9 Å². The van der Waals surface area contributed by atoms with Gasteiger partial charge in [0, 0.05) is 16.1 Å². The highest BCUT2D eigenvalue weighted by Crippen LogP contribution is 2.33. The first-order valence-electron chi connectivity index (χ1n) is 5.94. The Morgan fingerprint density at radius 3 is 2.67 bits per heavy atom. The van der Waals surface area contributed by atoms with Gasteiger partial charge in [0.25, 0.3) is 11.6 Å². The van der Waals surface area contributed by atoms with Crippen LogP contribution in [0.25, 0.3) is 0 Å². The third-order valence-electron chi connectivity index (χ3n) is 2.89. The Kier molecular flexibility index (Phi) is 4.23. The summed E-state index contributed by atoms with van der Waals surface area (Å²) in [5.74, 6) is -0.878. The van der Waals surface area contributed by atoms with Crippen LogP contribution in [-0.2, 0) is 0 Å². The summed E-state index contributed by atoms with van der Waals surface area (Å²) in [5, 5.41) is 23.1. The first-order valence-corrected chi connectivity index (χ1v) is 6.73. The van der Waals surface area contributed by atoms with Gasteiger partial charge < -0.3 is 10.4 Å². The van der Waals surface area contributed by atoms with E-state index in [0.717, 1.165) is 4.47 Å². The molecule has 2 aromatic rings. The van der Waals surface area contributed by atoms with Crippen LogP contribution in [0.4, 0.5) is 11.4 Å². The fourth-order valence-corrected chi connectivity index (χ4v) is 2.35. The number of benzene rings is 2. The maximum Gasteiger partial charge on any atom is 0.296 e. The van der Waals surface area contributed by atoms with Gasteiger partial charge in [0.2, 0.25) is 0 Å². The third-order valence-corrected chi connectivity index (χ3v) is 3.38. The fourth-order valence-electron chi connectivity index (χ4n) is 1.87. The minimum atomic E-state index is -0.663. The topological polar surface area (TPSA) is 92.5 Å². The molecule has 2 N–H and O–H groups in total. The summed E-state index contributed by atoms with van der Waals surface area (Å²) in [5.41, 5.74) is 0.503. The number of carbonyl (C=O) groups is 1. The van der Waals surface area contributed by atoms with Gasteiger partial charge in [0.05, 0.1) is 4.92 Å². The van der Waals surface area contributed by atoms with E-state index in [0.29, 0.717) is 11.1 Å². The van der Waals surface area contributed by atoms with Gasteiger partial charge in [-0.3, -0.25) is 14.9 Å². The highest BCUT2D eigenvalue weighted by atomic mass is 79.9. The minimum Gasteiger partial charge on any atom is -0.505 e. The zero-order valence-electron chi connectivity index (χ0n) is 11.0. The highest BCUT2D eigenvalue weighted by Gasteiger charge is 2.20. The summed E-state index contributed by atoms with van der Waals surface area (Å²) < 4.78 is 0.824. The number of rotatable bonds is 3. The van der Waals surface area contributed by atoms with E-state index < -0.39 is 10.8 Å². The van der Waals surface area contributed by atoms with Crippen molar-refractivity contribution in [1.82, 2.24) is 0 Å². The van der Waals surface area contributed by atoms with E-state index >= 15 is 0 Å². The summed E-state index contributed by atoms with van der Waals surface area (Å²) in [6.07, 6.45) is 0. The number of phenols is 1. The molecule has 1 amide bonds. The Bertz CT molecular complexity index is 731. The Balaban J connectivity index is 2.38. The monoisotopic (exact) mass is 350 g/mol. The third kappa shape index (κ3) is 3.19. The van der Waals surface area contributed by atoms with Gasteiger partial charge in [-0.25, -0.2) is 0 Å². The quantitative estimate of drug-likeness (QED) is 0.502. The van der Waals surface area contributed by atoms with Gasteiger partial charge in [-0.15, -0.1) is 0 Å². The van der Waals surface area contributed by atoms with Crippen molar-refractivity contribution in [2.45, 2.75) is 6.92 Å². The zero-order chi connectivity index (χ0) is 15.6. The lowest BCUT2D eigenvalue weighted by Gasteiger charge is -2.09. The first kappa shape index (κ1) is 15.0. The average molecular weight is 351 g/mol. The van der Waals surface area contributed by atoms with Crippen LogP contribution in [0.3, 0.4) is 0 Å². The number of hydrogen-bond acceptors (Lipinski definition) is 4. The molecular formula is C14H11BrN2O4. The summed E-state index contributed by atoms with van der Waals surface area (Å²) in [7, 11) is 0. The molecule has 0 saturated heterocycles. The van der Waals surface area contributed by atoms with Crippen molar-refractivity contribution >= 4 is 33.2 Å². The van der Waals surface area contributed by atoms with E-state index in [1.54, 1.807) is 25.1 Å². The molecule has 21 heavy (non-hydrogen) atoms. The van der Waals surface area contributed by atoms with Crippen molar-refractivity contribution in [2.75, 3.05) is 5.32 Å². The number of nitrogens with one attached hydrogen (secondary N) is 1. The second kappa shape index (κ2) is 5.92. The number of phenolic OH excluding ortho intramolecular Hbond substituents is 1. The number of aryl methyl sites for hydroxylation is 1. The van der Waals surface area contributed by atoms with E-state index in [-0.39, 0.29) is 17.1 Å². The van der Waals surface area contributed by atoms with Gasteiger partial charge in [-0.05, 0) is 36.8 Å². The molecule has 2 aromatic carbocycles. The van der Waals surface area contributed by atoms with Gasteiger partial charge in [0.15, 0.2) is 5.69 Å². The van der Waals surface area contributed by atoms with Gasteiger partial charge in [-0.1, -0.05) is 22.0 Å². The summed E-state index contributed by atoms with van der Waals surface area (Å²) in [6.45, 7) is 1.75. The molecule has 0 bridgehead atoms. The molecule has 6 nitrogen and oxygen atoms in total. The molecule has 108 valence electrons. The highest BCUT2D eigenvalue weighted by molar-refractivity contribution is 9.10. The lowest BCUT2D eigenvalue weighted by Crippen LogP contribution is -2.14. The fraction of sp³-hybridized carbons (Fsp3) is 0.0714. The number of nitro groups is 1. The second-order valence-corrected chi connectivity index (χ2v) is 5.26. The van der Waals surface area contributed by atoms with E-state index in [4.69, 9.17) is 0 Å². The molecule has 0 aliphatic heterocycles. The standard InChI is InChI=1S/C14H11BrN2O4/c1-8-7-9(15)5-6-10(8)14(19)16-13-11(17(20)21)3-2-4-12(13)18/h2-7,18H,1H3,(H,16,19). The minimum absolute atomic E-state index is 0.213. The van der Waals surface area contributed by atoms with E-state index in [1.807, 2.05) is 0 Å². The smallest absolute Gasteiger partial charge is 0.296 e. The van der Waals surface area contributed by atoms with Crippen molar-refractivity contribution in [3.63, 3.8) is 0 Å². The maximum absolute atomic E-state index is 12.2. The number of anilines is 1. The SMILES string of the molecule is Cc1cc(Br)ccc1C(=O)Nc1c(O)cccc1[N+](=O)[O-]. The molecule has 0 unspecified atom stereocenters. The molecule has 0 saturated carbocycles. The molecule has 0 spiro atoms. The van der Waals surface area contributed by atoms with Gasteiger partial charge >= 0.3 is 0 Å². The van der Waals surface area contributed by atoms with E-state index in [9.17, 15) is 20.0 Å². The molecule has 2 rings (SSSR count). The predicted molar refractivity (Wildman–Crippen MR) is 81.6 cm³/mol. The van der Waals surface area contributed by atoms with Gasteiger partial charge in [0.1, 0.15) is 5.75 Å². The number of amides is 1. The van der Waals surface area contributed by atoms with Crippen molar-refractivity contribution in [1.29, 1.82) is 0 Å². The van der Waals surface area contributed by atoms with Crippen LogP contribution in [0.1, 0.15) is 15.9 Å². The zero-order valence-corrected chi connectivity index (χ0v) is 12.5. The molecule has 0 radical (unpaired) electrons. The van der Waals surface area contributed by atoms with Crippen LogP contribution in [-0.4, -0.2) is 15.9 Å². The number of nitrogens with zero attached hydrogens (tertiary/aromatic N) is 1. The lowest BCUT2D eigenvalue weighted by molar-refractivity contribution is -0.384.